The van der Waals surface area contributed by atoms with E-state index in [4.69, 9.17) is 18.9 Å². The van der Waals surface area contributed by atoms with Crippen molar-refractivity contribution in [1.82, 2.24) is 20.4 Å². The fourth-order valence-electron chi connectivity index (χ4n) is 15.4. The summed E-state index contributed by atoms with van der Waals surface area (Å²) in [6.45, 7) is 28.1. The van der Waals surface area contributed by atoms with Crippen LogP contribution in [-0.4, -0.2) is 129 Å². The summed E-state index contributed by atoms with van der Waals surface area (Å²) >= 11 is 0. The number of nitrogens with one attached hydrogen (secondary N) is 2. The molecule has 0 saturated heterocycles. The van der Waals surface area contributed by atoms with Crippen LogP contribution in [0.2, 0.25) is 0 Å². The normalized spacial score (nSPS) is 12.6. The van der Waals surface area contributed by atoms with Gasteiger partial charge >= 0.3 is 23.9 Å². The second-order valence-corrected chi connectivity index (χ2v) is 34.6. The molecule has 0 radical (unpaired) electrons. The Labute approximate surface area is 687 Å². The molecule has 0 aromatic rings. The van der Waals surface area contributed by atoms with Gasteiger partial charge in [0, 0.05) is 62.6 Å². The number of carbonyl (C=O) groups is 6. The van der Waals surface area contributed by atoms with Crippen LogP contribution in [0.4, 0.5) is 0 Å². The van der Waals surface area contributed by atoms with Crippen molar-refractivity contribution in [3.8, 4) is 0 Å². The Balaban J connectivity index is 5.82. The quantitative estimate of drug-likeness (QED) is 0.0194. The van der Waals surface area contributed by atoms with Crippen molar-refractivity contribution in [2.24, 2.45) is 5.41 Å². The van der Waals surface area contributed by atoms with Gasteiger partial charge in [-0.05, 0) is 169 Å². The van der Waals surface area contributed by atoms with Crippen LogP contribution in [0.15, 0.2) is 11.6 Å². The van der Waals surface area contributed by atoms with Gasteiger partial charge in [0.25, 0.3) is 0 Å². The lowest BCUT2D eigenvalue weighted by molar-refractivity contribution is -0.161. The zero-order valence-electron chi connectivity index (χ0n) is 75.3. The number of hydrogen-bond donors (Lipinski definition) is 2. The molecule has 0 saturated carbocycles. The third-order valence-electron chi connectivity index (χ3n) is 23.2. The van der Waals surface area contributed by atoms with Crippen molar-refractivity contribution >= 4 is 36.1 Å². The van der Waals surface area contributed by atoms with Crippen LogP contribution in [0, 0.1) is 5.41 Å². The minimum absolute atomic E-state index is 0.0158. The standard InChI is InChI=1S/C97H186N4O10/c1-11-17-23-29-35-37-39-50-66-80-108-93(104)72-59-52-64-78-100(76-63-49-47-61-75-97(9,10)96(107)111-91(70-56-44-33-27-21-15-5)71-57-45-34-28-22-16-6)87(7)83-98-85-89(86-102)82-92(103)99-84-88(8)101(79-65-53-60-73-94(105)109-81-67-51-40-38-36-30-24-18-12-2)77-62-48-41-46-58-74-95(106)110-90(68-54-42-31-25-19-13-3)69-55-43-32-26-20-14-4/h82,86-88,90-91,98H,11-81,83-85H2,1-10H3,(H,99,103)/b89-82-. The number of unbranched alkanes of at least 4 members (excludes halogenated alkanes) is 47. The molecule has 0 fully saturated rings. The minimum atomic E-state index is -0.527. The Morgan fingerprint density at radius 3 is 0.991 bits per heavy atom. The molecular formula is C97H186N4O10. The topological polar surface area (TPSA) is 170 Å². The van der Waals surface area contributed by atoms with E-state index in [0.29, 0.717) is 51.1 Å². The van der Waals surface area contributed by atoms with Gasteiger partial charge in [-0.3, -0.25) is 38.6 Å². The maximum atomic E-state index is 13.8. The number of carbonyl (C=O) groups excluding carboxylic acids is 6. The van der Waals surface area contributed by atoms with Crippen LogP contribution in [0.3, 0.4) is 0 Å². The molecule has 14 nitrogen and oxygen atoms in total. The summed E-state index contributed by atoms with van der Waals surface area (Å²) in [5.41, 5.74) is -0.124. The number of rotatable bonds is 88. The second-order valence-electron chi connectivity index (χ2n) is 34.6. The predicted octanol–water partition coefficient (Wildman–Crippen LogP) is 26.6. The fourth-order valence-corrected chi connectivity index (χ4v) is 15.4. The highest BCUT2D eigenvalue weighted by molar-refractivity contribution is 5.93. The molecule has 0 aliphatic carbocycles. The lowest BCUT2D eigenvalue weighted by atomic mass is 9.86. The molecule has 0 aromatic heterocycles. The number of nitrogens with zero attached hydrogens (tertiary/aromatic N) is 2. The van der Waals surface area contributed by atoms with Crippen LogP contribution in [-0.2, 0) is 47.7 Å². The molecule has 0 aliphatic rings. The highest BCUT2D eigenvalue weighted by Crippen LogP contribution is 2.29. The molecular weight excluding hydrogens is 1380 g/mol. The molecule has 111 heavy (non-hydrogen) atoms. The Morgan fingerprint density at radius 2 is 0.631 bits per heavy atom. The summed E-state index contributed by atoms with van der Waals surface area (Å²) in [6, 6.07) is 0.220. The number of amides is 1. The number of esters is 4. The third-order valence-corrected chi connectivity index (χ3v) is 23.2. The predicted molar refractivity (Wildman–Crippen MR) is 472 cm³/mol. The average molecular weight is 1570 g/mol. The summed E-state index contributed by atoms with van der Waals surface area (Å²) in [6.07, 6.45) is 74.9. The van der Waals surface area contributed by atoms with Crippen molar-refractivity contribution in [1.29, 1.82) is 0 Å². The number of ether oxygens (including phenoxy) is 4. The Kier molecular flexibility index (Phi) is 79.3. The second kappa shape index (κ2) is 81.8. The summed E-state index contributed by atoms with van der Waals surface area (Å²) in [5, 5.41) is 6.65. The number of hydrogen-bond acceptors (Lipinski definition) is 13. The first-order chi connectivity index (χ1) is 54.1. The van der Waals surface area contributed by atoms with Gasteiger partial charge in [-0.1, -0.05) is 324 Å². The van der Waals surface area contributed by atoms with E-state index in [1.165, 1.54) is 224 Å². The zero-order chi connectivity index (χ0) is 81.4. The van der Waals surface area contributed by atoms with Gasteiger partial charge in [0.1, 0.15) is 18.5 Å². The van der Waals surface area contributed by atoms with Crippen LogP contribution in [0.25, 0.3) is 0 Å². The molecule has 14 heteroatoms. The van der Waals surface area contributed by atoms with E-state index < -0.39 is 5.41 Å². The SMILES string of the molecule is CCCCCCCCCCCOC(=O)CCCCCN(CCCCCCC(C)(C)C(=O)OC(CCCCCCCC)CCCCCCCC)C(C)CNC/C(C=O)=C/C(=O)NCC(C)N(CCCCCCCC(=O)OC(CCCCCCCC)CCCCCCCC)CCCCCC(=O)OCCCCCCCCCCC. The largest absolute Gasteiger partial charge is 0.466 e. The van der Waals surface area contributed by atoms with Gasteiger partial charge in [-0.2, -0.15) is 0 Å². The van der Waals surface area contributed by atoms with Crippen LogP contribution >= 0.6 is 0 Å². The molecule has 0 rings (SSSR count). The lowest BCUT2D eigenvalue weighted by Gasteiger charge is -2.30. The van der Waals surface area contributed by atoms with E-state index in [0.717, 1.165) is 212 Å². The summed E-state index contributed by atoms with van der Waals surface area (Å²) in [7, 11) is 0. The Bertz CT molecular complexity index is 2090. The van der Waals surface area contributed by atoms with E-state index >= 15 is 0 Å². The van der Waals surface area contributed by atoms with E-state index in [9.17, 15) is 28.8 Å². The van der Waals surface area contributed by atoms with Crippen LogP contribution in [0.5, 0.6) is 0 Å². The van der Waals surface area contributed by atoms with E-state index in [1.807, 2.05) is 0 Å². The minimum Gasteiger partial charge on any atom is -0.466 e. The molecule has 0 heterocycles. The Morgan fingerprint density at radius 1 is 0.342 bits per heavy atom. The molecule has 0 aliphatic heterocycles. The lowest BCUT2D eigenvalue weighted by Crippen LogP contribution is -2.43. The van der Waals surface area contributed by atoms with Gasteiger partial charge < -0.3 is 29.6 Å². The van der Waals surface area contributed by atoms with Crippen molar-refractivity contribution < 1.29 is 47.7 Å². The maximum Gasteiger partial charge on any atom is 0.311 e. The first-order valence-electron chi connectivity index (χ1n) is 48.4. The molecule has 2 unspecified atom stereocenters. The summed E-state index contributed by atoms with van der Waals surface area (Å²) in [4.78, 5) is 83.6. The molecule has 0 spiro atoms. The van der Waals surface area contributed by atoms with Gasteiger partial charge in [-0.25, -0.2) is 0 Å². The highest BCUT2D eigenvalue weighted by atomic mass is 16.6. The zero-order valence-corrected chi connectivity index (χ0v) is 75.3. The molecule has 1 amide bonds. The molecule has 654 valence electrons. The fraction of sp³-hybridized carbons (Fsp3) is 0.918. The first kappa shape index (κ1) is 108. The van der Waals surface area contributed by atoms with Crippen molar-refractivity contribution in [3.05, 3.63) is 11.6 Å². The molecule has 2 N–H and O–H groups in total. The third kappa shape index (κ3) is 71.7. The number of aldehydes is 1. The maximum absolute atomic E-state index is 13.8. The monoisotopic (exact) mass is 1570 g/mol. The first-order valence-corrected chi connectivity index (χ1v) is 48.4. The van der Waals surface area contributed by atoms with Crippen LogP contribution in [0.1, 0.15) is 487 Å². The van der Waals surface area contributed by atoms with E-state index in [2.05, 4.69) is 89.7 Å². The van der Waals surface area contributed by atoms with Crippen molar-refractivity contribution in [2.75, 3.05) is 59.0 Å². The van der Waals surface area contributed by atoms with Crippen molar-refractivity contribution in [2.45, 2.75) is 511 Å². The molecule has 0 aromatic carbocycles. The van der Waals surface area contributed by atoms with Gasteiger partial charge in [0.15, 0.2) is 0 Å². The van der Waals surface area contributed by atoms with Gasteiger partial charge in [-0.15, -0.1) is 0 Å². The van der Waals surface area contributed by atoms with Gasteiger partial charge in [0.05, 0.1) is 18.6 Å². The average Bonchev–Trinajstić information content (AvgIpc) is 0.873. The van der Waals surface area contributed by atoms with E-state index in [1.54, 1.807) is 0 Å². The highest BCUT2D eigenvalue weighted by Gasteiger charge is 2.31. The molecule has 0 bridgehead atoms. The molecule has 2 atom stereocenters. The Hall–Kier alpha value is -3.36. The summed E-state index contributed by atoms with van der Waals surface area (Å²) < 4.78 is 23.8. The van der Waals surface area contributed by atoms with E-state index in [-0.39, 0.29) is 60.6 Å². The van der Waals surface area contributed by atoms with Crippen molar-refractivity contribution in [3.63, 3.8) is 0 Å². The van der Waals surface area contributed by atoms with Gasteiger partial charge in [0.2, 0.25) is 5.91 Å². The smallest absolute Gasteiger partial charge is 0.311 e. The summed E-state index contributed by atoms with van der Waals surface area (Å²) in [5.74, 6) is -0.533. The van der Waals surface area contributed by atoms with Crippen LogP contribution < -0.4 is 10.6 Å².